The molecule has 1 amide bonds. The molecule has 1 atom stereocenters. The number of amides is 1. The van der Waals surface area contributed by atoms with Crippen molar-refractivity contribution in [3.05, 3.63) is 18.3 Å². The van der Waals surface area contributed by atoms with E-state index in [1.54, 1.807) is 13.3 Å². The molecule has 2 heterocycles. The molecule has 0 spiro atoms. The van der Waals surface area contributed by atoms with Gasteiger partial charge in [-0.1, -0.05) is 0 Å². The van der Waals surface area contributed by atoms with Crippen molar-refractivity contribution < 1.29 is 14.3 Å². The second-order valence-corrected chi connectivity index (χ2v) is 4.70. The summed E-state index contributed by atoms with van der Waals surface area (Å²) >= 11 is 0. The Morgan fingerprint density at radius 2 is 2.45 bits per heavy atom. The van der Waals surface area contributed by atoms with Crippen molar-refractivity contribution >= 4 is 17.4 Å². The van der Waals surface area contributed by atoms with Gasteiger partial charge in [0.25, 0.3) is 5.91 Å². The lowest BCUT2D eigenvalue weighted by Gasteiger charge is -2.11. The number of carbonyl (C=O) groups excluding carboxylic acids is 1. The van der Waals surface area contributed by atoms with E-state index in [1.807, 2.05) is 12.1 Å². The average Bonchev–Trinajstić information content (AvgIpc) is 3.00. The Labute approximate surface area is 118 Å². The average molecular weight is 279 g/mol. The lowest BCUT2D eigenvalue weighted by atomic mass is 10.2. The first-order chi connectivity index (χ1) is 9.79. The Hall–Kier alpha value is -1.66. The molecule has 0 aliphatic carbocycles. The summed E-state index contributed by atoms with van der Waals surface area (Å²) in [5, 5.41) is 6.00. The zero-order chi connectivity index (χ0) is 14.2. The summed E-state index contributed by atoms with van der Waals surface area (Å²) in [5.41, 5.74) is 0.688. The van der Waals surface area contributed by atoms with E-state index in [1.165, 1.54) is 0 Å². The number of pyridine rings is 1. The van der Waals surface area contributed by atoms with E-state index >= 15 is 0 Å². The third kappa shape index (κ3) is 4.47. The number of nitrogens with zero attached hydrogens (tertiary/aromatic N) is 1. The maximum atomic E-state index is 11.9. The second-order valence-electron chi connectivity index (χ2n) is 4.70. The maximum Gasteiger partial charge on any atom is 0.253 e. The lowest BCUT2D eigenvalue weighted by molar-refractivity contribution is -0.124. The van der Waals surface area contributed by atoms with Crippen LogP contribution in [0.5, 0.6) is 0 Å². The first-order valence-corrected chi connectivity index (χ1v) is 6.91. The fourth-order valence-electron chi connectivity index (χ4n) is 2.01. The zero-order valence-electron chi connectivity index (χ0n) is 11.7. The van der Waals surface area contributed by atoms with Crippen LogP contribution in [0.15, 0.2) is 18.3 Å². The second kappa shape index (κ2) is 7.81. The summed E-state index contributed by atoms with van der Waals surface area (Å²) in [7, 11) is 1.68. The number of aromatic nitrogens is 1. The van der Waals surface area contributed by atoms with Crippen LogP contribution in [0.3, 0.4) is 0 Å². The molecule has 1 fully saturated rings. The van der Waals surface area contributed by atoms with Crippen LogP contribution in [-0.2, 0) is 14.3 Å². The molecule has 2 N–H and O–H groups in total. The molecule has 1 unspecified atom stereocenters. The highest BCUT2D eigenvalue weighted by Crippen LogP contribution is 2.15. The van der Waals surface area contributed by atoms with Gasteiger partial charge in [0.05, 0.1) is 11.9 Å². The van der Waals surface area contributed by atoms with Crippen molar-refractivity contribution in [3.8, 4) is 0 Å². The van der Waals surface area contributed by atoms with Gasteiger partial charge in [-0.2, -0.15) is 0 Å². The molecule has 0 bridgehead atoms. The van der Waals surface area contributed by atoms with Crippen molar-refractivity contribution in [2.45, 2.75) is 25.4 Å². The molecule has 20 heavy (non-hydrogen) atoms. The fraction of sp³-hybridized carbons (Fsp3) is 0.571. The summed E-state index contributed by atoms with van der Waals surface area (Å²) in [4.78, 5) is 16.1. The minimum Gasteiger partial charge on any atom is -0.385 e. The molecule has 1 aliphatic heterocycles. The van der Waals surface area contributed by atoms with Crippen molar-refractivity contribution in [2.24, 2.45) is 0 Å². The number of hydrogen-bond acceptors (Lipinski definition) is 5. The van der Waals surface area contributed by atoms with E-state index < -0.39 is 0 Å². The van der Waals surface area contributed by atoms with Gasteiger partial charge in [0.1, 0.15) is 11.9 Å². The molecule has 1 aromatic rings. The summed E-state index contributed by atoms with van der Waals surface area (Å²) < 4.78 is 10.3. The van der Waals surface area contributed by atoms with E-state index in [9.17, 15) is 4.79 Å². The van der Waals surface area contributed by atoms with Crippen LogP contribution in [0.4, 0.5) is 11.5 Å². The summed E-state index contributed by atoms with van der Waals surface area (Å²) in [5.74, 6) is 0.696. The van der Waals surface area contributed by atoms with Gasteiger partial charge in [-0.05, 0) is 31.4 Å². The van der Waals surface area contributed by atoms with Gasteiger partial charge in [0.15, 0.2) is 0 Å². The first kappa shape index (κ1) is 14.7. The van der Waals surface area contributed by atoms with Crippen LogP contribution in [0, 0.1) is 0 Å². The smallest absolute Gasteiger partial charge is 0.253 e. The highest BCUT2D eigenvalue weighted by molar-refractivity contribution is 5.94. The highest BCUT2D eigenvalue weighted by atomic mass is 16.5. The normalized spacial score (nSPS) is 17.9. The predicted octanol–water partition coefficient (Wildman–Crippen LogP) is 1.65. The Kier molecular flexibility index (Phi) is 5.76. The van der Waals surface area contributed by atoms with Crippen LogP contribution in [0.25, 0.3) is 0 Å². The number of nitrogens with one attached hydrogen (secondary N) is 2. The fourth-order valence-corrected chi connectivity index (χ4v) is 2.01. The monoisotopic (exact) mass is 279 g/mol. The molecule has 1 aliphatic rings. The standard InChI is InChI=1S/C14H21N3O3/c1-19-8-3-7-15-13-6-5-11(10-16-13)17-14(18)12-4-2-9-20-12/h5-6,10,12H,2-4,7-9H2,1H3,(H,15,16)(H,17,18). The molecule has 110 valence electrons. The summed E-state index contributed by atoms with van der Waals surface area (Å²) in [6.07, 6.45) is 3.99. The molecule has 6 heteroatoms. The van der Waals surface area contributed by atoms with Crippen molar-refractivity contribution in [2.75, 3.05) is 37.5 Å². The first-order valence-electron chi connectivity index (χ1n) is 6.91. The molecule has 0 aromatic carbocycles. The Morgan fingerprint density at radius 3 is 3.10 bits per heavy atom. The number of methoxy groups -OCH3 is 1. The third-order valence-corrected chi connectivity index (χ3v) is 3.08. The zero-order valence-corrected chi connectivity index (χ0v) is 11.7. The van der Waals surface area contributed by atoms with E-state index in [-0.39, 0.29) is 12.0 Å². The minimum atomic E-state index is -0.318. The van der Waals surface area contributed by atoms with Gasteiger partial charge in [-0.3, -0.25) is 4.79 Å². The molecule has 2 rings (SSSR count). The number of rotatable bonds is 7. The molecule has 6 nitrogen and oxygen atoms in total. The van der Waals surface area contributed by atoms with Crippen molar-refractivity contribution in [3.63, 3.8) is 0 Å². The lowest BCUT2D eigenvalue weighted by Crippen LogP contribution is -2.26. The van der Waals surface area contributed by atoms with Crippen LogP contribution in [-0.4, -0.2) is 43.9 Å². The summed E-state index contributed by atoms with van der Waals surface area (Å²) in [6.45, 7) is 2.20. The van der Waals surface area contributed by atoms with Crippen molar-refractivity contribution in [1.29, 1.82) is 0 Å². The largest absolute Gasteiger partial charge is 0.385 e. The van der Waals surface area contributed by atoms with Gasteiger partial charge in [-0.15, -0.1) is 0 Å². The van der Waals surface area contributed by atoms with Crippen molar-refractivity contribution in [1.82, 2.24) is 4.98 Å². The topological polar surface area (TPSA) is 72.5 Å². The van der Waals surface area contributed by atoms with E-state index in [2.05, 4.69) is 15.6 Å². The van der Waals surface area contributed by atoms with E-state index in [4.69, 9.17) is 9.47 Å². The SMILES string of the molecule is COCCCNc1ccc(NC(=O)C2CCCO2)cn1. The van der Waals surface area contributed by atoms with Crippen LogP contribution in [0.1, 0.15) is 19.3 Å². The predicted molar refractivity (Wildman–Crippen MR) is 76.8 cm³/mol. The van der Waals surface area contributed by atoms with Gasteiger partial charge >= 0.3 is 0 Å². The van der Waals surface area contributed by atoms with Gasteiger partial charge in [-0.25, -0.2) is 4.98 Å². The number of ether oxygens (including phenoxy) is 2. The van der Waals surface area contributed by atoms with Crippen LogP contribution < -0.4 is 10.6 Å². The van der Waals surface area contributed by atoms with Gasteiger partial charge < -0.3 is 20.1 Å². The Bertz CT molecular complexity index is 416. The maximum absolute atomic E-state index is 11.9. The van der Waals surface area contributed by atoms with Crippen LogP contribution >= 0.6 is 0 Å². The summed E-state index contributed by atoms with van der Waals surface area (Å²) in [6, 6.07) is 3.68. The molecule has 0 saturated carbocycles. The quantitative estimate of drug-likeness (QED) is 0.742. The molecule has 1 saturated heterocycles. The molecular formula is C14H21N3O3. The third-order valence-electron chi connectivity index (χ3n) is 3.08. The minimum absolute atomic E-state index is 0.0925. The Balaban J connectivity index is 1.77. The number of anilines is 2. The molecule has 1 aromatic heterocycles. The number of carbonyl (C=O) groups is 1. The van der Waals surface area contributed by atoms with Crippen LogP contribution in [0.2, 0.25) is 0 Å². The number of hydrogen-bond donors (Lipinski definition) is 2. The highest BCUT2D eigenvalue weighted by Gasteiger charge is 2.23. The Morgan fingerprint density at radius 1 is 1.55 bits per heavy atom. The molecule has 0 radical (unpaired) electrons. The van der Waals surface area contributed by atoms with Gasteiger partial charge in [0, 0.05) is 26.9 Å². The van der Waals surface area contributed by atoms with E-state index in [0.717, 1.165) is 38.2 Å². The van der Waals surface area contributed by atoms with Gasteiger partial charge in [0.2, 0.25) is 0 Å². The molecular weight excluding hydrogens is 258 g/mol. The van der Waals surface area contributed by atoms with E-state index in [0.29, 0.717) is 12.3 Å².